The monoisotopic (exact) mass is 200 g/mol. The summed E-state index contributed by atoms with van der Waals surface area (Å²) < 4.78 is 0. The number of unbranched alkanes of at least 4 members (excludes halogenated alkanes) is 4. The summed E-state index contributed by atoms with van der Waals surface area (Å²) in [4.78, 5) is 0. The van der Waals surface area contributed by atoms with Crippen molar-refractivity contribution in [2.75, 3.05) is 0 Å². The predicted molar refractivity (Wildman–Crippen MR) is 63.5 cm³/mol. The maximum atomic E-state index is 9.81. The molecule has 1 N–H and O–H groups in total. The van der Waals surface area contributed by atoms with Gasteiger partial charge >= 0.3 is 0 Å². The van der Waals surface area contributed by atoms with Gasteiger partial charge in [-0.2, -0.15) is 0 Å². The Balaban J connectivity index is 3.29. The number of rotatable bonds is 9. The van der Waals surface area contributed by atoms with Gasteiger partial charge in [0, 0.05) is 0 Å². The van der Waals surface area contributed by atoms with Crippen molar-refractivity contribution in [1.82, 2.24) is 0 Å². The molecule has 2 unspecified atom stereocenters. The van der Waals surface area contributed by atoms with Crippen molar-refractivity contribution in [2.24, 2.45) is 5.92 Å². The molecule has 0 rings (SSSR count). The smallest absolute Gasteiger partial charge is 0.0565 e. The van der Waals surface area contributed by atoms with E-state index in [0.29, 0.717) is 5.92 Å². The highest BCUT2D eigenvalue weighted by Gasteiger charge is 2.12. The van der Waals surface area contributed by atoms with Gasteiger partial charge in [0.1, 0.15) is 0 Å². The number of aliphatic hydroxyl groups excluding tert-OH is 1. The van der Waals surface area contributed by atoms with Gasteiger partial charge in [-0.15, -0.1) is 0 Å². The molecule has 0 spiro atoms. The minimum Gasteiger partial charge on any atom is -0.393 e. The Morgan fingerprint density at radius 3 is 2.07 bits per heavy atom. The molecule has 0 aliphatic heterocycles. The Labute approximate surface area is 89.9 Å². The zero-order valence-electron chi connectivity index (χ0n) is 10.3. The first-order valence-corrected chi connectivity index (χ1v) is 6.40. The third kappa shape index (κ3) is 7.37. The van der Waals surface area contributed by atoms with Crippen molar-refractivity contribution >= 4 is 0 Å². The van der Waals surface area contributed by atoms with Gasteiger partial charge in [-0.1, -0.05) is 59.3 Å². The summed E-state index contributed by atoms with van der Waals surface area (Å²) in [5, 5.41) is 9.81. The van der Waals surface area contributed by atoms with Gasteiger partial charge in [-0.25, -0.2) is 0 Å². The van der Waals surface area contributed by atoms with Crippen LogP contribution in [0.4, 0.5) is 0 Å². The first-order chi connectivity index (χ1) is 6.72. The molecule has 0 amide bonds. The molecule has 0 aliphatic carbocycles. The Hall–Kier alpha value is -0.0400. The van der Waals surface area contributed by atoms with E-state index in [1.807, 2.05) is 0 Å². The number of aliphatic hydroxyl groups is 1. The van der Waals surface area contributed by atoms with Crippen LogP contribution in [-0.4, -0.2) is 11.2 Å². The van der Waals surface area contributed by atoms with Gasteiger partial charge in [0.15, 0.2) is 0 Å². The summed E-state index contributed by atoms with van der Waals surface area (Å²) in [6, 6.07) is 0. The summed E-state index contributed by atoms with van der Waals surface area (Å²) in [6.07, 6.45) is 9.78. The van der Waals surface area contributed by atoms with Crippen LogP contribution in [0.3, 0.4) is 0 Å². The maximum absolute atomic E-state index is 9.81. The van der Waals surface area contributed by atoms with Crippen LogP contribution in [0.1, 0.15) is 72.1 Å². The molecule has 1 heteroatoms. The van der Waals surface area contributed by atoms with E-state index in [1.54, 1.807) is 0 Å². The zero-order valence-corrected chi connectivity index (χ0v) is 10.3. The molecule has 1 nitrogen and oxygen atoms in total. The number of hydrogen-bond donors (Lipinski definition) is 1. The van der Waals surface area contributed by atoms with E-state index in [4.69, 9.17) is 0 Å². The molecule has 14 heavy (non-hydrogen) atoms. The van der Waals surface area contributed by atoms with E-state index in [1.165, 1.54) is 38.5 Å². The van der Waals surface area contributed by atoms with Crippen LogP contribution in [0.5, 0.6) is 0 Å². The molecular weight excluding hydrogens is 172 g/mol. The minimum absolute atomic E-state index is 0.0587. The van der Waals surface area contributed by atoms with Crippen LogP contribution in [-0.2, 0) is 0 Å². The minimum atomic E-state index is -0.0587. The van der Waals surface area contributed by atoms with E-state index in [0.717, 1.165) is 12.8 Å². The molecule has 2 atom stereocenters. The van der Waals surface area contributed by atoms with Crippen molar-refractivity contribution in [3.05, 3.63) is 0 Å². The lowest BCUT2D eigenvalue weighted by molar-refractivity contribution is 0.0996. The normalized spacial score (nSPS) is 15.4. The lowest BCUT2D eigenvalue weighted by Gasteiger charge is -2.17. The molecule has 86 valence electrons. The summed E-state index contributed by atoms with van der Waals surface area (Å²) >= 11 is 0. The second-order valence-electron chi connectivity index (χ2n) is 4.54. The molecular formula is C13H28O. The highest BCUT2D eigenvalue weighted by Crippen LogP contribution is 2.16. The molecule has 0 bridgehead atoms. The highest BCUT2D eigenvalue weighted by atomic mass is 16.3. The molecule has 0 aromatic carbocycles. The van der Waals surface area contributed by atoms with E-state index in [9.17, 15) is 5.11 Å². The summed E-state index contributed by atoms with van der Waals surface area (Å²) in [7, 11) is 0. The predicted octanol–water partition coefficient (Wildman–Crippen LogP) is 4.14. The van der Waals surface area contributed by atoms with Gasteiger partial charge in [-0.05, 0) is 18.8 Å². The van der Waals surface area contributed by atoms with Crippen molar-refractivity contribution < 1.29 is 5.11 Å². The summed E-state index contributed by atoms with van der Waals surface area (Å²) in [6.45, 7) is 6.59. The molecule has 0 aromatic rings. The Morgan fingerprint density at radius 2 is 1.50 bits per heavy atom. The lowest BCUT2D eigenvalue weighted by Crippen LogP contribution is -2.17. The van der Waals surface area contributed by atoms with Crippen LogP contribution in [0.2, 0.25) is 0 Å². The van der Waals surface area contributed by atoms with Gasteiger partial charge in [0.2, 0.25) is 0 Å². The third-order valence-corrected chi connectivity index (χ3v) is 3.00. The van der Waals surface area contributed by atoms with Gasteiger partial charge in [-0.3, -0.25) is 0 Å². The topological polar surface area (TPSA) is 20.2 Å². The van der Waals surface area contributed by atoms with Crippen LogP contribution in [0.25, 0.3) is 0 Å². The molecule has 0 fully saturated rings. The Morgan fingerprint density at radius 1 is 0.857 bits per heavy atom. The van der Waals surface area contributed by atoms with Crippen molar-refractivity contribution in [1.29, 1.82) is 0 Å². The Bertz CT molecular complexity index is 112. The van der Waals surface area contributed by atoms with Crippen molar-refractivity contribution in [3.8, 4) is 0 Å². The fraction of sp³-hybridized carbons (Fsp3) is 1.00. The second kappa shape index (κ2) is 9.51. The van der Waals surface area contributed by atoms with Crippen LogP contribution in [0.15, 0.2) is 0 Å². The van der Waals surface area contributed by atoms with Crippen molar-refractivity contribution in [3.63, 3.8) is 0 Å². The van der Waals surface area contributed by atoms with Gasteiger partial charge in [0.05, 0.1) is 6.10 Å². The SMILES string of the molecule is CCCCCCCC(O)C(C)CCC. The average molecular weight is 200 g/mol. The molecule has 0 saturated heterocycles. The fourth-order valence-electron chi connectivity index (χ4n) is 1.89. The van der Waals surface area contributed by atoms with Gasteiger partial charge in [0.25, 0.3) is 0 Å². The average Bonchev–Trinajstić information content (AvgIpc) is 2.17. The van der Waals surface area contributed by atoms with E-state index in [-0.39, 0.29) is 6.10 Å². The summed E-state index contributed by atoms with van der Waals surface area (Å²) in [5.41, 5.74) is 0. The van der Waals surface area contributed by atoms with Crippen LogP contribution >= 0.6 is 0 Å². The van der Waals surface area contributed by atoms with Gasteiger partial charge < -0.3 is 5.11 Å². The zero-order chi connectivity index (χ0) is 10.8. The third-order valence-electron chi connectivity index (χ3n) is 3.00. The second-order valence-corrected chi connectivity index (χ2v) is 4.54. The fourth-order valence-corrected chi connectivity index (χ4v) is 1.89. The molecule has 0 heterocycles. The molecule has 0 aliphatic rings. The largest absolute Gasteiger partial charge is 0.393 e. The lowest BCUT2D eigenvalue weighted by atomic mass is 9.95. The Kier molecular flexibility index (Phi) is 9.49. The highest BCUT2D eigenvalue weighted by molar-refractivity contribution is 4.64. The molecule has 0 saturated carbocycles. The van der Waals surface area contributed by atoms with E-state index < -0.39 is 0 Å². The van der Waals surface area contributed by atoms with E-state index in [2.05, 4.69) is 20.8 Å². The standard InChI is InChI=1S/C13H28O/c1-4-6-7-8-9-11-13(14)12(3)10-5-2/h12-14H,4-11H2,1-3H3. The molecule has 0 radical (unpaired) electrons. The quantitative estimate of drug-likeness (QED) is 0.554. The van der Waals surface area contributed by atoms with E-state index >= 15 is 0 Å². The first kappa shape index (κ1) is 14.0. The van der Waals surface area contributed by atoms with Crippen LogP contribution in [0, 0.1) is 5.92 Å². The summed E-state index contributed by atoms with van der Waals surface area (Å²) in [5.74, 6) is 0.492. The first-order valence-electron chi connectivity index (χ1n) is 6.40. The maximum Gasteiger partial charge on any atom is 0.0565 e. The number of hydrogen-bond acceptors (Lipinski definition) is 1. The van der Waals surface area contributed by atoms with Crippen molar-refractivity contribution in [2.45, 2.75) is 78.2 Å². The van der Waals surface area contributed by atoms with Crippen LogP contribution < -0.4 is 0 Å². The molecule has 0 aromatic heterocycles.